The summed E-state index contributed by atoms with van der Waals surface area (Å²) < 4.78 is 40.3. The van der Waals surface area contributed by atoms with Crippen LogP contribution >= 0.6 is 0 Å². The average Bonchev–Trinajstić information content (AvgIpc) is 2.66. The topological polar surface area (TPSA) is 117 Å². The number of halogens is 1. The van der Waals surface area contributed by atoms with Crippen LogP contribution in [0.4, 0.5) is 14.9 Å². The minimum Gasteiger partial charge on any atom is -0.465 e. The molecule has 2 fully saturated rings. The molecule has 25 heavy (non-hydrogen) atoms. The third-order valence-electron chi connectivity index (χ3n) is 4.95. The Morgan fingerprint density at radius 3 is 2.84 bits per heavy atom. The fourth-order valence-corrected chi connectivity index (χ4v) is 5.44. The molecule has 0 aromatic carbocycles. The molecular formula is C15H21FN4O4S. The Morgan fingerprint density at radius 1 is 1.40 bits per heavy atom. The number of hydrogen-bond acceptors (Lipinski definition) is 5. The highest BCUT2D eigenvalue weighted by Crippen LogP contribution is 2.29. The van der Waals surface area contributed by atoms with E-state index in [1.165, 1.54) is 15.4 Å². The van der Waals surface area contributed by atoms with Crippen molar-refractivity contribution in [2.45, 2.75) is 37.8 Å². The maximum Gasteiger partial charge on any atom is 0.407 e. The first-order valence-corrected chi connectivity index (χ1v) is 9.77. The molecule has 3 atom stereocenters. The standard InChI is InChI=1S/C15H21FN4O4S/c16-13-6-18-7-14(17)12(13)4-3-11-8-19(15(21)22)10-2-1-5-25(23,24)20(11)9-10/h6-7,10-11H,1-5,8-9,17H2,(H,21,22). The molecule has 2 aliphatic rings. The molecule has 0 aliphatic carbocycles. The first-order valence-electron chi connectivity index (χ1n) is 8.16. The summed E-state index contributed by atoms with van der Waals surface area (Å²) in [5.74, 6) is -0.526. The molecule has 0 spiro atoms. The Bertz CT molecular complexity index is 753. The quantitative estimate of drug-likeness (QED) is 0.814. The largest absolute Gasteiger partial charge is 0.465 e. The smallest absolute Gasteiger partial charge is 0.407 e. The zero-order valence-corrected chi connectivity index (χ0v) is 14.5. The second-order valence-electron chi connectivity index (χ2n) is 6.50. The maximum absolute atomic E-state index is 13.9. The number of fused-ring (bicyclic) bond motifs is 2. The van der Waals surface area contributed by atoms with E-state index in [9.17, 15) is 22.7 Å². The number of sulfonamides is 1. The number of nitrogens with two attached hydrogens (primary N) is 1. The van der Waals surface area contributed by atoms with Gasteiger partial charge in [-0.1, -0.05) is 0 Å². The van der Waals surface area contributed by atoms with E-state index in [-0.39, 0.29) is 42.6 Å². The number of nitrogens with zero attached hydrogens (tertiary/aromatic N) is 3. The average molecular weight is 372 g/mol. The van der Waals surface area contributed by atoms with E-state index in [1.807, 2.05) is 0 Å². The van der Waals surface area contributed by atoms with Gasteiger partial charge in [-0.3, -0.25) is 4.98 Å². The van der Waals surface area contributed by atoms with Gasteiger partial charge in [-0.15, -0.1) is 0 Å². The highest BCUT2D eigenvalue weighted by atomic mass is 32.2. The second-order valence-corrected chi connectivity index (χ2v) is 8.54. The Hall–Kier alpha value is -1.94. The molecule has 1 aromatic rings. The second kappa shape index (κ2) is 6.75. The summed E-state index contributed by atoms with van der Waals surface area (Å²) in [6.45, 7) is 0.249. The lowest BCUT2D eigenvalue weighted by Gasteiger charge is -2.43. The minimum absolute atomic E-state index is 0.0131. The molecule has 8 nitrogen and oxygen atoms in total. The number of carboxylic acid groups (broad SMARTS) is 1. The number of amides is 1. The monoisotopic (exact) mass is 372 g/mol. The van der Waals surface area contributed by atoms with Crippen LogP contribution in [0.3, 0.4) is 0 Å². The Morgan fingerprint density at radius 2 is 2.16 bits per heavy atom. The first kappa shape index (κ1) is 17.9. The van der Waals surface area contributed by atoms with E-state index >= 15 is 0 Å². The number of carbonyl (C=O) groups is 1. The van der Waals surface area contributed by atoms with Gasteiger partial charge in [0.15, 0.2) is 0 Å². The summed E-state index contributed by atoms with van der Waals surface area (Å²) in [7, 11) is -3.44. The van der Waals surface area contributed by atoms with Crippen LogP contribution in [0.15, 0.2) is 12.4 Å². The first-order chi connectivity index (χ1) is 11.8. The molecule has 2 aliphatic heterocycles. The SMILES string of the molecule is Nc1cncc(F)c1CCC1CN(C(=O)O)C2CCCS(=O)(=O)N1C2. The number of rotatable bonds is 3. The summed E-state index contributed by atoms with van der Waals surface area (Å²) in [5, 5.41) is 9.43. The van der Waals surface area contributed by atoms with Crippen LogP contribution in [0.25, 0.3) is 0 Å². The summed E-state index contributed by atoms with van der Waals surface area (Å²) in [5.41, 5.74) is 6.25. The maximum atomic E-state index is 13.9. The number of hydrogen-bond donors (Lipinski definition) is 2. The molecule has 10 heteroatoms. The lowest BCUT2D eigenvalue weighted by molar-refractivity contribution is 0.0658. The van der Waals surface area contributed by atoms with Crippen LogP contribution in [-0.4, -0.2) is 64.7 Å². The van der Waals surface area contributed by atoms with Gasteiger partial charge in [0.2, 0.25) is 10.0 Å². The van der Waals surface area contributed by atoms with E-state index in [1.54, 1.807) is 0 Å². The lowest BCUT2D eigenvalue weighted by atomic mass is 9.99. The highest BCUT2D eigenvalue weighted by Gasteiger charge is 2.43. The molecular weight excluding hydrogens is 351 g/mol. The van der Waals surface area contributed by atoms with Crippen molar-refractivity contribution in [3.8, 4) is 0 Å². The van der Waals surface area contributed by atoms with Crippen LogP contribution in [0.1, 0.15) is 24.8 Å². The molecule has 0 radical (unpaired) electrons. The fraction of sp³-hybridized carbons (Fsp3) is 0.600. The van der Waals surface area contributed by atoms with Crippen LogP contribution in [-0.2, 0) is 16.4 Å². The van der Waals surface area contributed by atoms with Crippen molar-refractivity contribution in [3.05, 3.63) is 23.8 Å². The Labute approximate surface area is 145 Å². The molecule has 3 heterocycles. The zero-order chi connectivity index (χ0) is 18.2. The van der Waals surface area contributed by atoms with Crippen molar-refractivity contribution in [1.82, 2.24) is 14.2 Å². The highest BCUT2D eigenvalue weighted by molar-refractivity contribution is 7.89. The van der Waals surface area contributed by atoms with E-state index in [4.69, 9.17) is 5.73 Å². The van der Waals surface area contributed by atoms with Crippen molar-refractivity contribution >= 4 is 21.8 Å². The molecule has 3 rings (SSSR count). The summed E-state index contributed by atoms with van der Waals surface area (Å²) in [6, 6.07) is -0.851. The van der Waals surface area contributed by atoms with Crippen molar-refractivity contribution in [2.24, 2.45) is 0 Å². The van der Waals surface area contributed by atoms with Crippen LogP contribution in [0, 0.1) is 5.82 Å². The molecule has 3 N–H and O–H groups in total. The number of pyridine rings is 1. The number of anilines is 1. The van der Waals surface area contributed by atoms with Gasteiger partial charge in [0.25, 0.3) is 0 Å². The third-order valence-corrected chi connectivity index (χ3v) is 6.92. The van der Waals surface area contributed by atoms with Gasteiger partial charge in [0, 0.05) is 30.7 Å². The van der Waals surface area contributed by atoms with Crippen LogP contribution < -0.4 is 5.73 Å². The minimum atomic E-state index is -3.44. The van der Waals surface area contributed by atoms with Crippen molar-refractivity contribution in [2.75, 3.05) is 24.6 Å². The summed E-state index contributed by atoms with van der Waals surface area (Å²) in [6.07, 6.45) is 2.84. The summed E-state index contributed by atoms with van der Waals surface area (Å²) in [4.78, 5) is 16.5. The molecule has 2 saturated heterocycles. The van der Waals surface area contributed by atoms with Gasteiger partial charge >= 0.3 is 6.09 Å². The van der Waals surface area contributed by atoms with Crippen LogP contribution in [0.2, 0.25) is 0 Å². The van der Waals surface area contributed by atoms with Gasteiger partial charge in [0.05, 0.1) is 23.8 Å². The van der Waals surface area contributed by atoms with Gasteiger partial charge in [0.1, 0.15) is 5.82 Å². The Balaban J connectivity index is 1.83. The van der Waals surface area contributed by atoms with Gasteiger partial charge in [-0.25, -0.2) is 17.6 Å². The van der Waals surface area contributed by atoms with Gasteiger partial charge in [-0.2, -0.15) is 4.31 Å². The van der Waals surface area contributed by atoms with E-state index in [0.717, 1.165) is 6.20 Å². The van der Waals surface area contributed by atoms with E-state index < -0.39 is 28.0 Å². The number of aromatic nitrogens is 1. The van der Waals surface area contributed by atoms with Gasteiger partial charge < -0.3 is 15.7 Å². The molecule has 2 bridgehead atoms. The van der Waals surface area contributed by atoms with Crippen LogP contribution in [0.5, 0.6) is 0 Å². The molecule has 138 valence electrons. The van der Waals surface area contributed by atoms with E-state index in [0.29, 0.717) is 19.3 Å². The van der Waals surface area contributed by atoms with Crippen molar-refractivity contribution in [1.29, 1.82) is 0 Å². The summed E-state index contributed by atoms with van der Waals surface area (Å²) >= 11 is 0. The van der Waals surface area contributed by atoms with Gasteiger partial charge in [-0.05, 0) is 25.7 Å². The molecule has 1 amide bonds. The zero-order valence-electron chi connectivity index (χ0n) is 13.6. The van der Waals surface area contributed by atoms with E-state index in [2.05, 4.69) is 4.98 Å². The lowest BCUT2D eigenvalue weighted by Crippen LogP contribution is -2.60. The predicted molar refractivity (Wildman–Crippen MR) is 89.0 cm³/mol. The van der Waals surface area contributed by atoms with Crippen molar-refractivity contribution < 1.29 is 22.7 Å². The van der Waals surface area contributed by atoms with Crippen molar-refractivity contribution in [3.63, 3.8) is 0 Å². The molecule has 3 unspecified atom stereocenters. The third kappa shape index (κ3) is 3.54. The predicted octanol–water partition coefficient (Wildman–Crippen LogP) is 0.892. The number of piperazine rings is 1. The molecule has 0 saturated carbocycles. The normalized spacial score (nSPS) is 28.4. The Kier molecular flexibility index (Phi) is 4.83. The number of nitrogen functional groups attached to an aromatic ring is 1. The fourth-order valence-electron chi connectivity index (χ4n) is 3.65. The molecule has 1 aromatic heterocycles.